The first-order chi connectivity index (χ1) is 9.83. The van der Waals surface area contributed by atoms with Crippen molar-refractivity contribution in [3.8, 4) is 11.5 Å². The molecule has 20 heavy (non-hydrogen) atoms. The Morgan fingerprint density at radius 1 is 1.25 bits per heavy atom. The van der Waals surface area contributed by atoms with Gasteiger partial charge in [-0.15, -0.1) is 0 Å². The van der Waals surface area contributed by atoms with E-state index in [0.717, 1.165) is 37.6 Å². The number of benzene rings is 1. The fraction of sp³-hybridized carbons (Fsp3) is 0.625. The quantitative estimate of drug-likeness (QED) is 0.792. The van der Waals surface area contributed by atoms with Crippen LogP contribution in [-0.2, 0) is 0 Å². The highest BCUT2D eigenvalue weighted by molar-refractivity contribution is 5.31. The molecule has 1 aliphatic rings. The number of rotatable bonds is 8. The van der Waals surface area contributed by atoms with Gasteiger partial charge in [-0.25, -0.2) is 0 Å². The molecular formula is C16H26N2O2. The van der Waals surface area contributed by atoms with Crippen molar-refractivity contribution in [2.45, 2.75) is 31.7 Å². The van der Waals surface area contributed by atoms with Crippen molar-refractivity contribution in [1.29, 1.82) is 0 Å². The van der Waals surface area contributed by atoms with E-state index in [1.54, 1.807) is 7.11 Å². The molecule has 1 saturated heterocycles. The Bertz CT molecular complexity index is 381. The molecule has 1 unspecified atom stereocenters. The van der Waals surface area contributed by atoms with Gasteiger partial charge in [-0.05, 0) is 63.0 Å². The summed E-state index contributed by atoms with van der Waals surface area (Å²) in [4.78, 5) is 2.54. The first kappa shape index (κ1) is 15.1. The minimum absolute atomic E-state index is 0.706. The second-order valence-corrected chi connectivity index (χ2v) is 5.29. The van der Waals surface area contributed by atoms with E-state index >= 15 is 0 Å². The number of likely N-dealkylation sites (tertiary alicyclic amines) is 1. The number of methoxy groups -OCH3 is 1. The molecule has 1 aromatic rings. The van der Waals surface area contributed by atoms with E-state index in [1.165, 1.54) is 25.8 Å². The van der Waals surface area contributed by atoms with Gasteiger partial charge in [0.1, 0.15) is 18.1 Å². The topological polar surface area (TPSA) is 47.7 Å². The summed E-state index contributed by atoms with van der Waals surface area (Å²) in [5.41, 5.74) is 5.60. The lowest BCUT2D eigenvalue weighted by Gasteiger charge is -2.24. The first-order valence-corrected chi connectivity index (χ1v) is 7.54. The summed E-state index contributed by atoms with van der Waals surface area (Å²) in [6.07, 6.45) is 4.96. The zero-order valence-electron chi connectivity index (χ0n) is 12.4. The summed E-state index contributed by atoms with van der Waals surface area (Å²) in [5, 5.41) is 0. The number of hydrogen-bond acceptors (Lipinski definition) is 4. The third-order valence-corrected chi connectivity index (χ3v) is 3.95. The number of ether oxygens (including phenoxy) is 2. The van der Waals surface area contributed by atoms with Gasteiger partial charge in [0.15, 0.2) is 0 Å². The molecule has 0 amide bonds. The maximum absolute atomic E-state index is 5.80. The van der Waals surface area contributed by atoms with Crippen molar-refractivity contribution in [2.75, 3.05) is 33.4 Å². The largest absolute Gasteiger partial charge is 0.497 e. The van der Waals surface area contributed by atoms with Gasteiger partial charge in [-0.3, -0.25) is 4.90 Å². The lowest BCUT2D eigenvalue weighted by atomic mass is 10.1. The zero-order valence-corrected chi connectivity index (χ0v) is 12.4. The Kier molecular flexibility index (Phi) is 6.15. The molecule has 0 aromatic heterocycles. The molecule has 1 aliphatic heterocycles. The lowest BCUT2D eigenvalue weighted by molar-refractivity contribution is 0.189. The third kappa shape index (κ3) is 4.39. The molecule has 1 fully saturated rings. The van der Waals surface area contributed by atoms with Gasteiger partial charge < -0.3 is 15.2 Å². The van der Waals surface area contributed by atoms with Gasteiger partial charge in [-0.2, -0.15) is 0 Å². The molecule has 2 N–H and O–H groups in total. The fourth-order valence-electron chi connectivity index (χ4n) is 2.82. The van der Waals surface area contributed by atoms with E-state index < -0.39 is 0 Å². The van der Waals surface area contributed by atoms with Crippen LogP contribution in [0.3, 0.4) is 0 Å². The molecule has 4 heteroatoms. The highest BCUT2D eigenvalue weighted by Crippen LogP contribution is 2.21. The third-order valence-electron chi connectivity index (χ3n) is 3.95. The van der Waals surface area contributed by atoms with Crippen LogP contribution in [0.4, 0.5) is 0 Å². The molecule has 0 aliphatic carbocycles. The second kappa shape index (κ2) is 8.12. The molecule has 112 valence electrons. The molecule has 0 radical (unpaired) electrons. The van der Waals surface area contributed by atoms with Crippen LogP contribution in [0.5, 0.6) is 11.5 Å². The van der Waals surface area contributed by atoms with E-state index in [4.69, 9.17) is 15.2 Å². The van der Waals surface area contributed by atoms with Gasteiger partial charge >= 0.3 is 0 Å². The SMILES string of the molecule is COc1ccc(OCCN2CCCC2CCCN)cc1. The van der Waals surface area contributed by atoms with E-state index in [-0.39, 0.29) is 0 Å². The van der Waals surface area contributed by atoms with E-state index in [2.05, 4.69) is 4.90 Å². The van der Waals surface area contributed by atoms with Crippen LogP contribution in [0.2, 0.25) is 0 Å². The standard InChI is InChI=1S/C16H26N2O2/c1-19-15-6-8-16(9-7-15)20-13-12-18-11-3-5-14(18)4-2-10-17/h6-9,14H,2-5,10-13,17H2,1H3. The van der Waals surface area contributed by atoms with Gasteiger partial charge in [0.25, 0.3) is 0 Å². The lowest BCUT2D eigenvalue weighted by Crippen LogP contribution is -2.33. The summed E-state index contributed by atoms with van der Waals surface area (Å²) < 4.78 is 10.9. The smallest absolute Gasteiger partial charge is 0.119 e. The minimum Gasteiger partial charge on any atom is -0.497 e. The molecule has 0 spiro atoms. The molecule has 1 heterocycles. The zero-order chi connectivity index (χ0) is 14.2. The second-order valence-electron chi connectivity index (χ2n) is 5.29. The van der Waals surface area contributed by atoms with Gasteiger partial charge in [0.2, 0.25) is 0 Å². The maximum Gasteiger partial charge on any atom is 0.119 e. The van der Waals surface area contributed by atoms with Crippen molar-refractivity contribution >= 4 is 0 Å². The van der Waals surface area contributed by atoms with Crippen LogP contribution in [-0.4, -0.2) is 44.3 Å². The summed E-state index contributed by atoms with van der Waals surface area (Å²) in [6.45, 7) is 3.74. The van der Waals surface area contributed by atoms with Gasteiger partial charge in [0, 0.05) is 12.6 Å². The predicted octanol–water partition coefficient (Wildman–Crippen LogP) is 2.28. The molecule has 4 nitrogen and oxygen atoms in total. The normalized spacial score (nSPS) is 19.2. The Morgan fingerprint density at radius 3 is 2.70 bits per heavy atom. The number of nitrogens with two attached hydrogens (primary N) is 1. The Labute approximate surface area is 121 Å². The van der Waals surface area contributed by atoms with Crippen LogP contribution < -0.4 is 15.2 Å². The first-order valence-electron chi connectivity index (χ1n) is 7.54. The van der Waals surface area contributed by atoms with Crippen molar-refractivity contribution in [1.82, 2.24) is 4.90 Å². The molecule has 0 bridgehead atoms. The van der Waals surface area contributed by atoms with E-state index in [9.17, 15) is 0 Å². The van der Waals surface area contributed by atoms with Gasteiger partial charge in [-0.1, -0.05) is 0 Å². The average Bonchev–Trinajstić information content (AvgIpc) is 2.93. The molecule has 2 rings (SSSR count). The highest BCUT2D eigenvalue weighted by Gasteiger charge is 2.23. The van der Waals surface area contributed by atoms with Crippen LogP contribution in [0, 0.1) is 0 Å². The van der Waals surface area contributed by atoms with E-state index in [0.29, 0.717) is 6.04 Å². The number of nitrogens with zero attached hydrogens (tertiary/aromatic N) is 1. The fourth-order valence-corrected chi connectivity index (χ4v) is 2.82. The molecular weight excluding hydrogens is 252 g/mol. The highest BCUT2D eigenvalue weighted by atomic mass is 16.5. The van der Waals surface area contributed by atoms with Gasteiger partial charge in [0.05, 0.1) is 7.11 Å². The van der Waals surface area contributed by atoms with Crippen LogP contribution >= 0.6 is 0 Å². The molecule has 1 atom stereocenters. The van der Waals surface area contributed by atoms with Crippen LogP contribution in [0.25, 0.3) is 0 Å². The van der Waals surface area contributed by atoms with E-state index in [1.807, 2.05) is 24.3 Å². The number of hydrogen-bond donors (Lipinski definition) is 1. The van der Waals surface area contributed by atoms with Crippen LogP contribution in [0.15, 0.2) is 24.3 Å². The van der Waals surface area contributed by atoms with Crippen LogP contribution in [0.1, 0.15) is 25.7 Å². The molecule has 1 aromatic carbocycles. The summed E-state index contributed by atoms with van der Waals surface area (Å²) in [6, 6.07) is 8.46. The van der Waals surface area contributed by atoms with Crippen molar-refractivity contribution in [2.24, 2.45) is 5.73 Å². The van der Waals surface area contributed by atoms with Crippen molar-refractivity contribution < 1.29 is 9.47 Å². The Balaban J connectivity index is 1.71. The molecule has 0 saturated carbocycles. The predicted molar refractivity (Wildman–Crippen MR) is 81.4 cm³/mol. The summed E-state index contributed by atoms with van der Waals surface area (Å²) in [7, 11) is 1.67. The minimum atomic E-state index is 0.706. The monoisotopic (exact) mass is 278 g/mol. The summed E-state index contributed by atoms with van der Waals surface area (Å²) in [5.74, 6) is 1.77. The maximum atomic E-state index is 5.80. The Hall–Kier alpha value is -1.26. The van der Waals surface area contributed by atoms with Crippen molar-refractivity contribution in [3.63, 3.8) is 0 Å². The average molecular weight is 278 g/mol. The van der Waals surface area contributed by atoms with Crippen molar-refractivity contribution in [3.05, 3.63) is 24.3 Å². The summed E-state index contributed by atoms with van der Waals surface area (Å²) >= 11 is 0. The Morgan fingerprint density at radius 2 is 2.00 bits per heavy atom.